The summed E-state index contributed by atoms with van der Waals surface area (Å²) < 4.78 is 16.7. The lowest BCUT2D eigenvalue weighted by Crippen LogP contribution is -2.31. The van der Waals surface area contributed by atoms with Crippen molar-refractivity contribution in [2.75, 3.05) is 27.4 Å². The lowest BCUT2D eigenvalue weighted by atomic mass is 10.1. The number of rotatable bonds is 9. The van der Waals surface area contributed by atoms with Gasteiger partial charge in [-0.15, -0.1) is 0 Å². The Morgan fingerprint density at radius 2 is 1.63 bits per heavy atom. The lowest BCUT2D eigenvalue weighted by Gasteiger charge is -2.11. The van der Waals surface area contributed by atoms with E-state index in [1.807, 2.05) is 11.5 Å². The Labute approximate surface area is 202 Å². The van der Waals surface area contributed by atoms with Gasteiger partial charge in [-0.1, -0.05) is 6.07 Å². The number of aromatic nitrogens is 1. The molecule has 0 radical (unpaired) electrons. The number of esters is 2. The number of ether oxygens (including phenoxy) is 3. The van der Waals surface area contributed by atoms with Gasteiger partial charge >= 0.3 is 11.9 Å². The fourth-order valence-corrected chi connectivity index (χ4v) is 3.60. The van der Waals surface area contributed by atoms with Crippen LogP contribution in [0.1, 0.15) is 42.5 Å². The molecule has 0 saturated carbocycles. The highest BCUT2D eigenvalue weighted by atomic mass is 16.5. The summed E-state index contributed by atoms with van der Waals surface area (Å²) in [6.45, 7) is 2.79. The van der Waals surface area contributed by atoms with Gasteiger partial charge in [0.15, 0.2) is 6.61 Å². The van der Waals surface area contributed by atoms with Crippen LogP contribution in [-0.2, 0) is 14.3 Å². The van der Waals surface area contributed by atoms with Gasteiger partial charge in [0, 0.05) is 28.2 Å². The summed E-state index contributed by atoms with van der Waals surface area (Å²) in [7, 11) is 2.80. The monoisotopic (exact) mass is 478 g/mol. The average Bonchev–Trinajstić information content (AvgIpc) is 3.18. The molecule has 0 spiro atoms. The number of carbonyl (C=O) groups is 4. The molecule has 3 rings (SSSR count). The van der Waals surface area contributed by atoms with Crippen molar-refractivity contribution in [1.82, 2.24) is 9.88 Å². The average molecular weight is 479 g/mol. The second kappa shape index (κ2) is 11.1. The molecule has 9 heteroatoms. The van der Waals surface area contributed by atoms with Crippen LogP contribution in [0, 0.1) is 13.8 Å². The van der Waals surface area contributed by atoms with Crippen LogP contribution >= 0.6 is 0 Å². The first-order valence-corrected chi connectivity index (χ1v) is 10.7. The van der Waals surface area contributed by atoms with E-state index in [2.05, 4.69) is 5.32 Å². The Morgan fingerprint density at radius 3 is 2.29 bits per heavy atom. The van der Waals surface area contributed by atoms with Gasteiger partial charge in [0.05, 0.1) is 19.8 Å². The van der Waals surface area contributed by atoms with Gasteiger partial charge < -0.3 is 24.1 Å². The molecule has 3 aromatic rings. The largest absolute Gasteiger partial charge is 0.497 e. The van der Waals surface area contributed by atoms with Crippen LogP contribution in [0.25, 0.3) is 5.69 Å². The molecule has 35 heavy (non-hydrogen) atoms. The van der Waals surface area contributed by atoms with Gasteiger partial charge in [-0.25, -0.2) is 4.79 Å². The maximum absolute atomic E-state index is 12.7. The minimum atomic E-state index is -0.734. The van der Waals surface area contributed by atoms with Crippen LogP contribution in [0.2, 0.25) is 0 Å². The van der Waals surface area contributed by atoms with E-state index in [1.165, 1.54) is 14.2 Å². The summed E-state index contributed by atoms with van der Waals surface area (Å²) in [6, 6.07) is 15.0. The van der Waals surface area contributed by atoms with E-state index in [9.17, 15) is 19.2 Å². The van der Waals surface area contributed by atoms with Crippen LogP contribution in [0.5, 0.6) is 5.75 Å². The van der Waals surface area contributed by atoms with Gasteiger partial charge in [0.1, 0.15) is 12.3 Å². The zero-order valence-electron chi connectivity index (χ0n) is 19.9. The highest BCUT2D eigenvalue weighted by Gasteiger charge is 2.19. The van der Waals surface area contributed by atoms with Crippen molar-refractivity contribution in [2.45, 2.75) is 13.8 Å². The van der Waals surface area contributed by atoms with E-state index in [4.69, 9.17) is 14.2 Å². The van der Waals surface area contributed by atoms with E-state index in [0.29, 0.717) is 28.1 Å². The van der Waals surface area contributed by atoms with Crippen molar-refractivity contribution in [1.29, 1.82) is 0 Å². The second-order valence-corrected chi connectivity index (χ2v) is 7.66. The third-order valence-electron chi connectivity index (χ3n) is 5.37. The fraction of sp³-hybridized carbons (Fsp3) is 0.231. The molecule has 0 bridgehead atoms. The highest BCUT2D eigenvalue weighted by Crippen LogP contribution is 2.22. The molecule has 0 aliphatic heterocycles. The lowest BCUT2D eigenvalue weighted by molar-refractivity contribution is -0.141. The zero-order valence-corrected chi connectivity index (χ0v) is 19.9. The maximum Gasteiger partial charge on any atom is 0.337 e. The summed E-state index contributed by atoms with van der Waals surface area (Å²) in [6.07, 6.45) is 0. The Balaban J connectivity index is 1.59. The van der Waals surface area contributed by atoms with Crippen molar-refractivity contribution < 1.29 is 33.4 Å². The van der Waals surface area contributed by atoms with Gasteiger partial charge in [-0.3, -0.25) is 14.4 Å². The number of nitrogens with zero attached hydrogens (tertiary/aromatic N) is 1. The number of Topliss-reactive ketones (excluding diaryl/α,β-unsaturated/α-hetero) is 1. The Morgan fingerprint density at radius 1 is 0.914 bits per heavy atom. The highest BCUT2D eigenvalue weighted by molar-refractivity contribution is 6.00. The third-order valence-corrected chi connectivity index (χ3v) is 5.37. The van der Waals surface area contributed by atoms with Crippen LogP contribution in [0.3, 0.4) is 0 Å². The molecule has 0 saturated heterocycles. The summed E-state index contributed by atoms with van der Waals surface area (Å²) >= 11 is 0. The first kappa shape index (κ1) is 25.2. The summed E-state index contributed by atoms with van der Waals surface area (Å²) in [5, 5.41) is 2.46. The van der Waals surface area contributed by atoms with Crippen molar-refractivity contribution in [3.63, 3.8) is 0 Å². The van der Waals surface area contributed by atoms with Crippen LogP contribution in [-0.4, -0.2) is 55.6 Å². The van der Waals surface area contributed by atoms with Crippen LogP contribution < -0.4 is 10.1 Å². The van der Waals surface area contributed by atoms with Crippen molar-refractivity contribution >= 4 is 23.6 Å². The first-order chi connectivity index (χ1) is 16.7. The molecular weight excluding hydrogens is 452 g/mol. The SMILES string of the molecule is COC(=O)c1ccc(-n2c(C)cc(C(=O)COC(=O)CNC(=O)c3cccc(OC)c3)c2C)cc1. The Kier molecular flexibility index (Phi) is 8.04. The normalized spacial score (nSPS) is 10.4. The molecule has 0 unspecified atom stereocenters. The van der Waals surface area contributed by atoms with E-state index in [1.54, 1.807) is 61.5 Å². The number of ketones is 1. The molecule has 9 nitrogen and oxygen atoms in total. The molecule has 2 aromatic carbocycles. The minimum absolute atomic E-state index is 0.334. The van der Waals surface area contributed by atoms with Gasteiger partial charge in [0.25, 0.3) is 5.91 Å². The van der Waals surface area contributed by atoms with E-state index in [-0.39, 0.29) is 12.3 Å². The predicted octanol–water partition coefficient (Wildman–Crippen LogP) is 3.05. The Hall–Kier alpha value is -4.40. The Bertz CT molecular complexity index is 1260. The van der Waals surface area contributed by atoms with Crippen molar-refractivity contribution in [2.24, 2.45) is 0 Å². The molecular formula is C26H26N2O7. The molecule has 0 aliphatic rings. The molecule has 1 aromatic heterocycles. The van der Waals surface area contributed by atoms with Gasteiger partial charge in [0.2, 0.25) is 5.78 Å². The molecule has 0 fully saturated rings. The number of methoxy groups -OCH3 is 2. The standard InChI is InChI=1S/C26H26N2O7/c1-16-12-22(17(2)28(16)20-10-8-18(9-11-20)26(32)34-4)23(29)15-35-24(30)14-27-25(31)19-6-5-7-21(13-19)33-3/h5-13H,14-15H2,1-4H3,(H,27,31). The summed E-state index contributed by atoms with van der Waals surface area (Å²) in [4.78, 5) is 48.7. The van der Waals surface area contributed by atoms with Gasteiger partial charge in [-0.2, -0.15) is 0 Å². The van der Waals surface area contributed by atoms with Crippen LogP contribution in [0.15, 0.2) is 54.6 Å². The number of nitrogens with one attached hydrogen (secondary N) is 1. The van der Waals surface area contributed by atoms with Crippen molar-refractivity contribution in [3.05, 3.63) is 82.7 Å². The molecule has 182 valence electrons. The van der Waals surface area contributed by atoms with Crippen LogP contribution in [0.4, 0.5) is 0 Å². The van der Waals surface area contributed by atoms with E-state index >= 15 is 0 Å². The van der Waals surface area contributed by atoms with Gasteiger partial charge in [-0.05, 0) is 62.4 Å². The number of hydrogen-bond donors (Lipinski definition) is 1. The van der Waals surface area contributed by atoms with E-state index < -0.39 is 24.5 Å². The molecule has 0 atom stereocenters. The maximum atomic E-state index is 12.7. The fourth-order valence-electron chi connectivity index (χ4n) is 3.60. The first-order valence-electron chi connectivity index (χ1n) is 10.7. The number of amides is 1. The smallest absolute Gasteiger partial charge is 0.337 e. The summed E-state index contributed by atoms with van der Waals surface area (Å²) in [5.74, 6) is -1.49. The van der Waals surface area contributed by atoms with E-state index in [0.717, 1.165) is 11.4 Å². The molecule has 0 aliphatic carbocycles. The predicted molar refractivity (Wildman–Crippen MR) is 127 cm³/mol. The zero-order chi connectivity index (χ0) is 25.5. The number of hydrogen-bond acceptors (Lipinski definition) is 7. The molecule has 1 amide bonds. The van der Waals surface area contributed by atoms with Crippen molar-refractivity contribution in [3.8, 4) is 11.4 Å². The summed E-state index contributed by atoms with van der Waals surface area (Å²) in [5.41, 5.74) is 3.40. The topological polar surface area (TPSA) is 113 Å². The number of carbonyl (C=O) groups excluding carboxylic acids is 4. The molecule has 1 heterocycles. The molecule has 1 N–H and O–H groups in total. The number of aryl methyl sites for hydroxylation is 1. The second-order valence-electron chi connectivity index (χ2n) is 7.66. The minimum Gasteiger partial charge on any atom is -0.497 e. The number of benzene rings is 2. The quantitative estimate of drug-likeness (QED) is 0.372. The third kappa shape index (κ3) is 5.94.